The molecule has 1 atom stereocenters. The molecule has 0 spiro atoms. The summed E-state index contributed by atoms with van der Waals surface area (Å²) in [4.78, 5) is 12.6. The van der Waals surface area contributed by atoms with Gasteiger partial charge in [0.15, 0.2) is 11.5 Å². The maximum atomic E-state index is 12.6. The van der Waals surface area contributed by atoms with E-state index in [0.29, 0.717) is 11.5 Å². The second kappa shape index (κ2) is 6.92. The Morgan fingerprint density at radius 1 is 1.23 bits per heavy atom. The smallest absolute Gasteiger partial charge is 0.269 e. The van der Waals surface area contributed by atoms with Gasteiger partial charge >= 0.3 is 0 Å². The van der Waals surface area contributed by atoms with Crippen LogP contribution in [0.25, 0.3) is 11.1 Å². The normalized spacial score (nSPS) is 15.5. The van der Waals surface area contributed by atoms with Crippen LogP contribution in [-0.2, 0) is 11.2 Å². The number of aryl methyl sites for hydroxylation is 1. The molecule has 0 unspecified atom stereocenters. The van der Waals surface area contributed by atoms with E-state index in [4.69, 9.17) is 9.47 Å². The van der Waals surface area contributed by atoms with Gasteiger partial charge in [-0.2, -0.15) is 5.10 Å². The number of rotatable bonds is 4. The quantitative estimate of drug-likeness (QED) is 0.757. The third-order valence-corrected chi connectivity index (χ3v) is 4.38. The SMILES string of the molecule is CCc1cc(-c2cn[nH]c2)ccc1NC(=O)[C@H]1COc2ccccc2O1. The highest BCUT2D eigenvalue weighted by molar-refractivity contribution is 5.95. The molecule has 1 aliphatic heterocycles. The summed E-state index contributed by atoms with van der Waals surface area (Å²) < 4.78 is 11.4. The molecule has 6 heteroatoms. The number of para-hydroxylation sites is 2. The molecule has 0 fully saturated rings. The molecule has 0 radical (unpaired) electrons. The summed E-state index contributed by atoms with van der Waals surface area (Å²) in [6, 6.07) is 13.3. The maximum Gasteiger partial charge on any atom is 0.269 e. The number of hydrogen-bond donors (Lipinski definition) is 2. The third kappa shape index (κ3) is 3.13. The highest BCUT2D eigenvalue weighted by Crippen LogP contribution is 2.31. The summed E-state index contributed by atoms with van der Waals surface area (Å²) in [5, 5.41) is 9.76. The second-order valence-corrected chi connectivity index (χ2v) is 6.07. The number of anilines is 1. The molecular formula is C20H19N3O3. The first-order chi connectivity index (χ1) is 12.7. The van der Waals surface area contributed by atoms with Crippen molar-refractivity contribution in [2.75, 3.05) is 11.9 Å². The third-order valence-electron chi connectivity index (χ3n) is 4.38. The number of H-pyrrole nitrogens is 1. The minimum Gasteiger partial charge on any atom is -0.485 e. The fraction of sp³-hybridized carbons (Fsp3) is 0.200. The Morgan fingerprint density at radius 2 is 2.08 bits per heavy atom. The Labute approximate surface area is 151 Å². The van der Waals surface area contributed by atoms with E-state index < -0.39 is 6.10 Å². The Morgan fingerprint density at radius 3 is 2.85 bits per heavy atom. The average molecular weight is 349 g/mol. The van der Waals surface area contributed by atoms with Gasteiger partial charge in [-0.05, 0) is 41.8 Å². The number of nitrogens with zero attached hydrogens (tertiary/aromatic N) is 1. The van der Waals surface area contributed by atoms with Crippen molar-refractivity contribution in [2.24, 2.45) is 0 Å². The van der Waals surface area contributed by atoms with E-state index in [2.05, 4.69) is 28.5 Å². The molecule has 0 bridgehead atoms. The molecule has 132 valence electrons. The minimum absolute atomic E-state index is 0.192. The van der Waals surface area contributed by atoms with Crippen LogP contribution in [0.4, 0.5) is 5.69 Å². The molecule has 26 heavy (non-hydrogen) atoms. The van der Waals surface area contributed by atoms with E-state index >= 15 is 0 Å². The van der Waals surface area contributed by atoms with Crippen LogP contribution in [0, 0.1) is 0 Å². The number of benzene rings is 2. The molecule has 2 heterocycles. The van der Waals surface area contributed by atoms with E-state index in [1.165, 1.54) is 0 Å². The van der Waals surface area contributed by atoms with Crippen molar-refractivity contribution in [3.63, 3.8) is 0 Å². The van der Waals surface area contributed by atoms with E-state index in [0.717, 1.165) is 28.8 Å². The van der Waals surface area contributed by atoms with Crippen molar-refractivity contribution < 1.29 is 14.3 Å². The zero-order valence-corrected chi connectivity index (χ0v) is 14.4. The summed E-state index contributed by atoms with van der Waals surface area (Å²) in [7, 11) is 0. The number of hydrogen-bond acceptors (Lipinski definition) is 4. The number of carbonyl (C=O) groups excluding carboxylic acids is 1. The van der Waals surface area contributed by atoms with E-state index in [1.54, 1.807) is 12.3 Å². The summed E-state index contributed by atoms with van der Waals surface area (Å²) in [6.07, 6.45) is 3.74. The van der Waals surface area contributed by atoms with Gasteiger partial charge in [0, 0.05) is 17.4 Å². The van der Waals surface area contributed by atoms with Gasteiger partial charge in [-0.1, -0.05) is 25.1 Å². The molecule has 0 saturated heterocycles. The van der Waals surface area contributed by atoms with Gasteiger partial charge < -0.3 is 14.8 Å². The summed E-state index contributed by atoms with van der Waals surface area (Å²) in [5.74, 6) is 1.03. The van der Waals surface area contributed by atoms with Gasteiger partial charge in [-0.3, -0.25) is 9.89 Å². The zero-order valence-electron chi connectivity index (χ0n) is 14.4. The zero-order chi connectivity index (χ0) is 17.9. The number of aromatic amines is 1. The molecule has 3 aromatic rings. The summed E-state index contributed by atoms with van der Waals surface area (Å²) >= 11 is 0. The Kier molecular flexibility index (Phi) is 4.31. The van der Waals surface area contributed by atoms with Crippen LogP contribution < -0.4 is 14.8 Å². The number of amides is 1. The molecular weight excluding hydrogens is 330 g/mol. The predicted octanol–water partition coefficient (Wildman–Crippen LogP) is 3.42. The fourth-order valence-corrected chi connectivity index (χ4v) is 2.96. The van der Waals surface area contributed by atoms with E-state index in [-0.39, 0.29) is 12.5 Å². The highest BCUT2D eigenvalue weighted by atomic mass is 16.6. The van der Waals surface area contributed by atoms with Crippen LogP contribution in [0.3, 0.4) is 0 Å². The monoisotopic (exact) mass is 349 g/mol. The first-order valence-electron chi connectivity index (χ1n) is 8.56. The molecule has 2 N–H and O–H groups in total. The van der Waals surface area contributed by atoms with Crippen LogP contribution in [-0.4, -0.2) is 28.8 Å². The van der Waals surface area contributed by atoms with Crippen LogP contribution in [0.15, 0.2) is 54.9 Å². The van der Waals surface area contributed by atoms with Gasteiger partial charge in [-0.25, -0.2) is 0 Å². The number of fused-ring (bicyclic) bond motifs is 1. The second-order valence-electron chi connectivity index (χ2n) is 6.07. The summed E-state index contributed by atoms with van der Waals surface area (Å²) in [6.45, 7) is 2.25. The Bertz CT molecular complexity index is 922. The van der Waals surface area contributed by atoms with Gasteiger partial charge in [0.25, 0.3) is 5.91 Å². The van der Waals surface area contributed by atoms with Crippen LogP contribution in [0.5, 0.6) is 11.5 Å². The number of aromatic nitrogens is 2. The Hall–Kier alpha value is -3.28. The Balaban J connectivity index is 1.51. The molecule has 1 amide bonds. The molecule has 6 nitrogen and oxygen atoms in total. The maximum absolute atomic E-state index is 12.6. The topological polar surface area (TPSA) is 76.2 Å². The molecule has 0 saturated carbocycles. The standard InChI is InChI=1S/C20H19N3O3/c1-2-13-9-14(15-10-21-22-11-15)7-8-16(13)23-20(24)19-12-25-17-5-3-4-6-18(17)26-19/h3-11,19H,2,12H2,1H3,(H,21,22)(H,23,24)/t19-/m1/s1. The lowest BCUT2D eigenvalue weighted by Crippen LogP contribution is -2.40. The molecule has 2 aromatic carbocycles. The molecule has 1 aliphatic rings. The van der Waals surface area contributed by atoms with Crippen molar-refractivity contribution in [3.05, 3.63) is 60.4 Å². The number of carbonyl (C=O) groups is 1. The minimum atomic E-state index is -0.678. The fourth-order valence-electron chi connectivity index (χ4n) is 2.96. The predicted molar refractivity (Wildman–Crippen MR) is 98.4 cm³/mol. The van der Waals surface area contributed by atoms with Gasteiger partial charge in [-0.15, -0.1) is 0 Å². The lowest BCUT2D eigenvalue weighted by molar-refractivity contribution is -0.125. The van der Waals surface area contributed by atoms with Gasteiger partial charge in [0.2, 0.25) is 6.10 Å². The lowest BCUT2D eigenvalue weighted by Gasteiger charge is -2.26. The van der Waals surface area contributed by atoms with E-state index in [9.17, 15) is 4.79 Å². The average Bonchev–Trinajstić information content (AvgIpc) is 3.22. The van der Waals surface area contributed by atoms with Gasteiger partial charge in [0.05, 0.1) is 6.20 Å². The van der Waals surface area contributed by atoms with Crippen molar-refractivity contribution in [1.82, 2.24) is 10.2 Å². The van der Waals surface area contributed by atoms with E-state index in [1.807, 2.05) is 36.5 Å². The van der Waals surface area contributed by atoms with Crippen molar-refractivity contribution >= 4 is 11.6 Å². The summed E-state index contributed by atoms with van der Waals surface area (Å²) in [5.41, 5.74) is 3.90. The van der Waals surface area contributed by atoms with Crippen molar-refractivity contribution in [3.8, 4) is 22.6 Å². The van der Waals surface area contributed by atoms with Gasteiger partial charge in [0.1, 0.15) is 6.61 Å². The van der Waals surface area contributed by atoms with Crippen LogP contribution in [0.1, 0.15) is 12.5 Å². The highest BCUT2D eigenvalue weighted by Gasteiger charge is 2.27. The molecule has 1 aromatic heterocycles. The van der Waals surface area contributed by atoms with Crippen LogP contribution in [0.2, 0.25) is 0 Å². The number of nitrogens with one attached hydrogen (secondary N) is 2. The first-order valence-corrected chi connectivity index (χ1v) is 8.56. The van der Waals surface area contributed by atoms with Crippen molar-refractivity contribution in [1.29, 1.82) is 0 Å². The first kappa shape index (κ1) is 16.2. The number of ether oxygens (including phenoxy) is 2. The molecule has 0 aliphatic carbocycles. The molecule has 4 rings (SSSR count). The largest absolute Gasteiger partial charge is 0.485 e. The van der Waals surface area contributed by atoms with Crippen molar-refractivity contribution in [2.45, 2.75) is 19.4 Å². The lowest BCUT2D eigenvalue weighted by atomic mass is 10.0. The van der Waals surface area contributed by atoms with Crippen LogP contribution >= 0.6 is 0 Å².